The van der Waals surface area contributed by atoms with E-state index in [-0.39, 0.29) is 0 Å². The quantitative estimate of drug-likeness (QED) is 0.451. The summed E-state index contributed by atoms with van der Waals surface area (Å²) in [5.74, 6) is 0.889. The monoisotopic (exact) mass is 122 g/mol. The van der Waals surface area contributed by atoms with Crippen LogP contribution >= 0.6 is 0 Å². The molecule has 0 bridgehead atoms. The molecule has 0 amide bonds. The molecule has 0 spiro atoms. The lowest BCUT2D eigenvalue weighted by atomic mass is 9.54. The van der Waals surface area contributed by atoms with Gasteiger partial charge in [-0.3, -0.25) is 0 Å². The standard InChI is InChI=1S/C7H16B2/c1-6(8)7(9)4-2-3-5-7/h6H,2-5,8-9H2,1H3. The van der Waals surface area contributed by atoms with Gasteiger partial charge in [-0.25, -0.2) is 0 Å². The van der Waals surface area contributed by atoms with Gasteiger partial charge in [-0.2, -0.15) is 0 Å². The van der Waals surface area contributed by atoms with Crippen molar-refractivity contribution in [3.63, 3.8) is 0 Å². The van der Waals surface area contributed by atoms with Crippen LogP contribution in [0.4, 0.5) is 0 Å². The van der Waals surface area contributed by atoms with E-state index >= 15 is 0 Å². The van der Waals surface area contributed by atoms with Crippen molar-refractivity contribution in [2.75, 3.05) is 0 Å². The van der Waals surface area contributed by atoms with Crippen molar-refractivity contribution in [3.8, 4) is 0 Å². The molecule has 0 aliphatic heterocycles. The summed E-state index contributed by atoms with van der Waals surface area (Å²) in [6.45, 7) is 2.35. The van der Waals surface area contributed by atoms with Crippen LogP contribution in [0.15, 0.2) is 0 Å². The van der Waals surface area contributed by atoms with Crippen LogP contribution in [0.25, 0.3) is 0 Å². The molecule has 0 radical (unpaired) electrons. The Labute approximate surface area is 60.2 Å². The molecule has 0 aromatic heterocycles. The molecular formula is C7H16B2. The van der Waals surface area contributed by atoms with Gasteiger partial charge in [0.2, 0.25) is 0 Å². The molecule has 1 aliphatic rings. The van der Waals surface area contributed by atoms with Gasteiger partial charge in [-0.05, 0) is 0 Å². The maximum Gasteiger partial charge on any atom is 0.108 e. The third-order valence-electron chi connectivity index (χ3n) is 3.14. The normalized spacial score (nSPS) is 28.1. The lowest BCUT2D eigenvalue weighted by Crippen LogP contribution is -2.13. The van der Waals surface area contributed by atoms with Gasteiger partial charge in [0.25, 0.3) is 0 Å². The first-order valence-corrected chi connectivity index (χ1v) is 4.15. The van der Waals surface area contributed by atoms with Crippen LogP contribution in [0.3, 0.4) is 0 Å². The lowest BCUT2D eigenvalue weighted by Gasteiger charge is -2.28. The van der Waals surface area contributed by atoms with Crippen molar-refractivity contribution < 1.29 is 0 Å². The van der Waals surface area contributed by atoms with Crippen LogP contribution < -0.4 is 0 Å². The molecule has 1 fully saturated rings. The number of hydrogen-bond acceptors (Lipinski definition) is 0. The molecule has 0 aromatic carbocycles. The van der Waals surface area contributed by atoms with Gasteiger partial charge in [0.15, 0.2) is 0 Å². The predicted molar refractivity (Wildman–Crippen MR) is 47.7 cm³/mol. The minimum atomic E-state index is 0.694. The third kappa shape index (κ3) is 1.33. The molecule has 0 aromatic rings. The van der Waals surface area contributed by atoms with Gasteiger partial charge in [-0.15, -0.1) is 0 Å². The molecule has 1 unspecified atom stereocenters. The molecule has 1 saturated carbocycles. The number of hydrogen-bond donors (Lipinski definition) is 0. The van der Waals surface area contributed by atoms with Crippen LogP contribution in [0.5, 0.6) is 0 Å². The minimum absolute atomic E-state index is 0.694. The first-order chi connectivity index (χ1) is 4.15. The molecule has 0 N–H and O–H groups in total. The Morgan fingerprint density at radius 2 is 1.78 bits per heavy atom. The molecule has 1 rings (SSSR count). The highest BCUT2D eigenvalue weighted by molar-refractivity contribution is 6.23. The zero-order chi connectivity index (χ0) is 6.91. The van der Waals surface area contributed by atoms with Gasteiger partial charge in [0.05, 0.1) is 0 Å². The summed E-state index contributed by atoms with van der Waals surface area (Å²) in [6.07, 6.45) is 5.86. The zero-order valence-electron chi connectivity index (χ0n) is 6.91. The molecule has 0 nitrogen and oxygen atoms in total. The highest BCUT2D eigenvalue weighted by Gasteiger charge is 2.30. The van der Waals surface area contributed by atoms with Crippen molar-refractivity contribution in [3.05, 3.63) is 0 Å². The predicted octanol–water partition coefficient (Wildman–Crippen LogP) is 0.794. The van der Waals surface area contributed by atoms with Crippen molar-refractivity contribution >= 4 is 15.7 Å². The fourth-order valence-electron chi connectivity index (χ4n) is 1.76. The second-order valence-electron chi connectivity index (χ2n) is 4.02. The SMILES string of the molecule is BC(C)C1(B)CCCC1. The molecule has 1 atom stereocenters. The Bertz CT molecular complexity index is 93.1. The summed E-state index contributed by atoms with van der Waals surface area (Å²) in [7, 11) is 4.79. The second-order valence-corrected chi connectivity index (χ2v) is 4.02. The van der Waals surface area contributed by atoms with E-state index in [0.717, 1.165) is 5.82 Å². The molecule has 0 saturated heterocycles. The van der Waals surface area contributed by atoms with Crippen LogP contribution in [0.2, 0.25) is 11.1 Å². The van der Waals surface area contributed by atoms with Crippen LogP contribution in [-0.4, -0.2) is 15.7 Å². The molecule has 0 heterocycles. The Balaban J connectivity index is 2.51. The smallest absolute Gasteiger partial charge is 0.0740 e. The summed E-state index contributed by atoms with van der Waals surface area (Å²) in [6, 6.07) is 0. The lowest BCUT2D eigenvalue weighted by molar-refractivity contribution is 0.558. The average molecular weight is 122 g/mol. The Hall–Kier alpha value is 0.130. The van der Waals surface area contributed by atoms with E-state index in [9.17, 15) is 0 Å². The molecule has 2 heteroatoms. The van der Waals surface area contributed by atoms with Gasteiger partial charge in [0.1, 0.15) is 15.7 Å². The van der Waals surface area contributed by atoms with E-state index < -0.39 is 0 Å². The highest BCUT2D eigenvalue weighted by atomic mass is 14.3. The van der Waals surface area contributed by atoms with Crippen molar-refractivity contribution in [1.29, 1.82) is 0 Å². The average Bonchev–Trinajstić information content (AvgIpc) is 2.16. The Morgan fingerprint density at radius 3 is 2.00 bits per heavy atom. The van der Waals surface area contributed by atoms with Gasteiger partial charge >= 0.3 is 0 Å². The Kier molecular flexibility index (Phi) is 1.93. The van der Waals surface area contributed by atoms with Crippen molar-refractivity contribution in [2.24, 2.45) is 0 Å². The Morgan fingerprint density at radius 1 is 1.33 bits per heavy atom. The van der Waals surface area contributed by atoms with E-state index in [0.29, 0.717) is 5.31 Å². The summed E-state index contributed by atoms with van der Waals surface area (Å²) in [5.41, 5.74) is 0. The van der Waals surface area contributed by atoms with E-state index in [1.807, 2.05) is 0 Å². The highest BCUT2D eigenvalue weighted by Crippen LogP contribution is 2.49. The van der Waals surface area contributed by atoms with E-state index in [1.54, 1.807) is 0 Å². The first-order valence-electron chi connectivity index (χ1n) is 4.15. The van der Waals surface area contributed by atoms with Gasteiger partial charge in [0, 0.05) is 0 Å². The molecular weight excluding hydrogens is 106 g/mol. The van der Waals surface area contributed by atoms with E-state index in [2.05, 4.69) is 22.6 Å². The van der Waals surface area contributed by atoms with Crippen molar-refractivity contribution in [2.45, 2.75) is 43.7 Å². The molecule has 9 heavy (non-hydrogen) atoms. The maximum absolute atomic E-state index is 2.44. The summed E-state index contributed by atoms with van der Waals surface area (Å²) >= 11 is 0. The fraction of sp³-hybridized carbons (Fsp3) is 1.00. The van der Waals surface area contributed by atoms with Crippen molar-refractivity contribution in [1.82, 2.24) is 0 Å². The zero-order valence-corrected chi connectivity index (χ0v) is 6.91. The van der Waals surface area contributed by atoms with E-state index in [1.165, 1.54) is 25.7 Å². The van der Waals surface area contributed by atoms with Crippen LogP contribution in [-0.2, 0) is 0 Å². The third-order valence-corrected chi connectivity index (χ3v) is 3.14. The largest absolute Gasteiger partial charge is 0.108 e. The fourth-order valence-corrected chi connectivity index (χ4v) is 1.76. The van der Waals surface area contributed by atoms with E-state index in [4.69, 9.17) is 0 Å². The van der Waals surface area contributed by atoms with Crippen LogP contribution in [0, 0.1) is 0 Å². The minimum Gasteiger partial charge on any atom is -0.0740 e. The topological polar surface area (TPSA) is 0 Å². The maximum atomic E-state index is 2.44. The first kappa shape index (κ1) is 7.24. The second kappa shape index (κ2) is 2.40. The van der Waals surface area contributed by atoms with Gasteiger partial charge in [-0.1, -0.05) is 43.7 Å². The molecule has 1 aliphatic carbocycles. The molecule has 50 valence electrons. The summed E-state index contributed by atoms with van der Waals surface area (Å²) in [5, 5.41) is 0.694. The summed E-state index contributed by atoms with van der Waals surface area (Å²) < 4.78 is 0. The van der Waals surface area contributed by atoms with Gasteiger partial charge < -0.3 is 0 Å². The van der Waals surface area contributed by atoms with Crippen LogP contribution in [0.1, 0.15) is 32.6 Å². The number of rotatable bonds is 1. The summed E-state index contributed by atoms with van der Waals surface area (Å²) in [4.78, 5) is 0.